The minimum atomic E-state index is -0.334. The fraction of sp³-hybridized carbons (Fsp3) is 0.278. The van der Waals surface area contributed by atoms with Crippen LogP contribution in [0.25, 0.3) is 5.52 Å². The second-order valence-electron chi connectivity index (χ2n) is 6.17. The highest BCUT2D eigenvalue weighted by atomic mass is 35.5. The number of rotatable bonds is 3. The Kier molecular flexibility index (Phi) is 4.05. The van der Waals surface area contributed by atoms with Crippen LogP contribution in [0.3, 0.4) is 0 Å². The summed E-state index contributed by atoms with van der Waals surface area (Å²) >= 11 is 6.27. The molecule has 0 saturated carbocycles. The Labute approximate surface area is 150 Å². The normalized spacial score (nSPS) is 17.9. The van der Waals surface area contributed by atoms with Crippen LogP contribution in [-0.2, 0) is 4.79 Å². The third kappa shape index (κ3) is 2.93. The van der Waals surface area contributed by atoms with Crippen LogP contribution < -0.4 is 10.2 Å². The van der Waals surface area contributed by atoms with Gasteiger partial charge in [0.2, 0.25) is 5.91 Å². The molecule has 1 unspecified atom stereocenters. The number of benzene rings is 1. The van der Waals surface area contributed by atoms with Gasteiger partial charge in [-0.2, -0.15) is 5.10 Å². The number of aromatic nitrogens is 3. The topological polar surface area (TPSA) is 62.5 Å². The zero-order valence-electron chi connectivity index (χ0n) is 13.8. The number of nitrogens with one attached hydrogen (secondary N) is 1. The van der Waals surface area contributed by atoms with E-state index >= 15 is 0 Å². The van der Waals surface area contributed by atoms with E-state index in [0.29, 0.717) is 17.4 Å². The third-order valence-corrected chi connectivity index (χ3v) is 4.72. The van der Waals surface area contributed by atoms with Crippen LogP contribution in [0.4, 0.5) is 11.5 Å². The molecule has 1 atom stereocenters. The molecule has 1 saturated heterocycles. The first kappa shape index (κ1) is 15.9. The molecule has 3 aromatic rings. The molecule has 1 N–H and O–H groups in total. The lowest BCUT2D eigenvalue weighted by Crippen LogP contribution is -2.48. The first-order valence-electron chi connectivity index (χ1n) is 8.27. The Hall–Kier alpha value is -2.60. The fourth-order valence-corrected chi connectivity index (χ4v) is 3.48. The number of fused-ring (bicyclic) bond motifs is 1. The number of hydrogen-bond donors (Lipinski definition) is 1. The van der Waals surface area contributed by atoms with Gasteiger partial charge in [-0.25, -0.2) is 9.50 Å². The van der Waals surface area contributed by atoms with Crippen LogP contribution in [0.2, 0.25) is 5.02 Å². The van der Waals surface area contributed by atoms with Gasteiger partial charge in [0.1, 0.15) is 11.6 Å². The number of anilines is 2. The molecule has 2 aromatic heterocycles. The summed E-state index contributed by atoms with van der Waals surface area (Å²) in [7, 11) is 0. The van der Waals surface area contributed by atoms with Crippen LogP contribution in [0.5, 0.6) is 0 Å². The van der Waals surface area contributed by atoms with Gasteiger partial charge >= 0.3 is 0 Å². The summed E-state index contributed by atoms with van der Waals surface area (Å²) in [6.07, 6.45) is 5.14. The van der Waals surface area contributed by atoms with Gasteiger partial charge in [-0.3, -0.25) is 4.79 Å². The molecule has 0 bridgehead atoms. The number of piperidine rings is 1. The van der Waals surface area contributed by atoms with Crippen LogP contribution >= 0.6 is 11.6 Å². The van der Waals surface area contributed by atoms with Gasteiger partial charge in [-0.1, -0.05) is 23.7 Å². The Morgan fingerprint density at radius 2 is 2.16 bits per heavy atom. The highest BCUT2D eigenvalue weighted by Gasteiger charge is 2.31. The molecule has 0 aliphatic carbocycles. The van der Waals surface area contributed by atoms with Crippen molar-refractivity contribution >= 4 is 34.5 Å². The van der Waals surface area contributed by atoms with Gasteiger partial charge in [-0.05, 0) is 38.0 Å². The van der Waals surface area contributed by atoms with Crippen molar-refractivity contribution in [2.45, 2.75) is 25.8 Å². The van der Waals surface area contributed by atoms with Crippen molar-refractivity contribution in [3.8, 4) is 0 Å². The van der Waals surface area contributed by atoms with Gasteiger partial charge in [0, 0.05) is 18.9 Å². The van der Waals surface area contributed by atoms with E-state index in [1.807, 2.05) is 31.2 Å². The van der Waals surface area contributed by atoms with E-state index < -0.39 is 0 Å². The number of aryl methyl sites for hydroxylation is 1. The number of nitrogens with zero attached hydrogens (tertiary/aromatic N) is 4. The molecule has 1 aromatic carbocycles. The lowest BCUT2D eigenvalue weighted by Gasteiger charge is -2.33. The largest absolute Gasteiger partial charge is 0.357 e. The van der Waals surface area contributed by atoms with Gasteiger partial charge in [-0.15, -0.1) is 0 Å². The molecule has 7 heteroatoms. The average Bonchev–Trinajstić information content (AvgIpc) is 2.99. The van der Waals surface area contributed by atoms with E-state index in [2.05, 4.69) is 15.4 Å². The summed E-state index contributed by atoms with van der Waals surface area (Å²) in [5.41, 5.74) is 2.53. The number of para-hydroxylation sites is 1. The summed E-state index contributed by atoms with van der Waals surface area (Å²) in [6, 6.07) is 9.05. The SMILES string of the molecule is Cc1cc2c(NC3CCCN(c4ccccc4Cl)C3=O)nccn2n1. The van der Waals surface area contributed by atoms with Crippen LogP contribution in [0, 0.1) is 6.92 Å². The molecule has 128 valence electrons. The van der Waals surface area contributed by atoms with Gasteiger partial charge in [0.25, 0.3) is 0 Å². The summed E-state index contributed by atoms with van der Waals surface area (Å²) in [5, 5.41) is 8.27. The predicted molar refractivity (Wildman–Crippen MR) is 98.2 cm³/mol. The molecular weight excluding hydrogens is 338 g/mol. The highest BCUT2D eigenvalue weighted by Crippen LogP contribution is 2.29. The van der Waals surface area contributed by atoms with Crippen molar-refractivity contribution in [1.29, 1.82) is 0 Å². The smallest absolute Gasteiger partial charge is 0.249 e. The number of hydrogen-bond acceptors (Lipinski definition) is 4. The Bertz CT molecular complexity index is 938. The number of halogens is 1. The van der Waals surface area contributed by atoms with Crippen molar-refractivity contribution in [3.05, 3.63) is 53.4 Å². The fourth-order valence-electron chi connectivity index (χ4n) is 3.24. The summed E-state index contributed by atoms with van der Waals surface area (Å²) < 4.78 is 1.77. The zero-order valence-corrected chi connectivity index (χ0v) is 14.6. The number of carbonyl (C=O) groups is 1. The van der Waals surface area contributed by atoms with Crippen molar-refractivity contribution < 1.29 is 4.79 Å². The molecule has 1 amide bonds. The van der Waals surface area contributed by atoms with Crippen LogP contribution in [0.1, 0.15) is 18.5 Å². The average molecular weight is 356 g/mol. The molecule has 0 spiro atoms. The summed E-state index contributed by atoms with van der Waals surface area (Å²) in [4.78, 5) is 19.1. The maximum absolute atomic E-state index is 13.0. The minimum absolute atomic E-state index is 0.0133. The minimum Gasteiger partial charge on any atom is -0.357 e. The molecule has 4 rings (SSSR count). The molecule has 6 nitrogen and oxygen atoms in total. The Morgan fingerprint density at radius 1 is 1.32 bits per heavy atom. The van der Waals surface area contributed by atoms with Crippen molar-refractivity contribution in [3.63, 3.8) is 0 Å². The quantitative estimate of drug-likeness (QED) is 0.783. The molecule has 25 heavy (non-hydrogen) atoms. The maximum atomic E-state index is 13.0. The van der Waals surface area contributed by atoms with Crippen LogP contribution in [-0.4, -0.2) is 33.1 Å². The highest BCUT2D eigenvalue weighted by molar-refractivity contribution is 6.33. The predicted octanol–water partition coefficient (Wildman–Crippen LogP) is 3.30. The van der Waals surface area contributed by atoms with E-state index in [4.69, 9.17) is 11.6 Å². The van der Waals surface area contributed by atoms with Gasteiger partial charge < -0.3 is 10.2 Å². The standard InChI is InChI=1S/C18H18ClN5O/c1-12-11-16-17(20-8-10-24(16)22-12)21-14-6-4-9-23(18(14)25)15-7-3-2-5-13(15)19/h2-3,5,7-8,10-11,14H,4,6,9H2,1H3,(H,20,21). The first-order chi connectivity index (χ1) is 12.1. The van der Waals surface area contributed by atoms with Crippen molar-refractivity contribution in [2.75, 3.05) is 16.8 Å². The zero-order chi connectivity index (χ0) is 17.4. The second kappa shape index (κ2) is 6.37. The molecule has 1 aliphatic rings. The van der Waals surface area contributed by atoms with Gasteiger partial charge in [0.15, 0.2) is 5.82 Å². The van der Waals surface area contributed by atoms with Crippen molar-refractivity contribution in [1.82, 2.24) is 14.6 Å². The second-order valence-corrected chi connectivity index (χ2v) is 6.58. The van der Waals surface area contributed by atoms with E-state index in [1.165, 1.54) is 0 Å². The summed E-state index contributed by atoms with van der Waals surface area (Å²) in [5.74, 6) is 0.682. The maximum Gasteiger partial charge on any atom is 0.249 e. The lowest BCUT2D eigenvalue weighted by atomic mass is 10.0. The summed E-state index contributed by atoms with van der Waals surface area (Å²) in [6.45, 7) is 2.60. The Morgan fingerprint density at radius 3 is 3.00 bits per heavy atom. The monoisotopic (exact) mass is 355 g/mol. The first-order valence-corrected chi connectivity index (χ1v) is 8.65. The molecule has 1 aliphatic heterocycles. The van der Waals surface area contributed by atoms with E-state index in [9.17, 15) is 4.79 Å². The van der Waals surface area contributed by atoms with E-state index in [0.717, 1.165) is 29.7 Å². The molecular formula is C18H18ClN5O. The lowest BCUT2D eigenvalue weighted by molar-refractivity contribution is -0.120. The molecule has 0 radical (unpaired) electrons. The third-order valence-electron chi connectivity index (χ3n) is 4.40. The Balaban J connectivity index is 1.62. The number of amides is 1. The van der Waals surface area contributed by atoms with Crippen LogP contribution in [0.15, 0.2) is 42.7 Å². The van der Waals surface area contributed by atoms with Gasteiger partial charge in [0.05, 0.1) is 16.4 Å². The van der Waals surface area contributed by atoms with E-state index in [-0.39, 0.29) is 11.9 Å². The molecule has 3 heterocycles. The number of carbonyl (C=O) groups excluding carboxylic acids is 1. The van der Waals surface area contributed by atoms with Crippen molar-refractivity contribution in [2.24, 2.45) is 0 Å². The van der Waals surface area contributed by atoms with E-state index in [1.54, 1.807) is 27.9 Å². The molecule has 1 fully saturated rings.